The zero-order chi connectivity index (χ0) is 23.5. The molecule has 10 heteroatoms. The lowest BCUT2D eigenvalue weighted by Gasteiger charge is -2.17. The van der Waals surface area contributed by atoms with Crippen LogP contribution in [-0.4, -0.2) is 44.1 Å². The Labute approximate surface area is 194 Å². The van der Waals surface area contributed by atoms with Gasteiger partial charge in [0.25, 0.3) is 17.7 Å². The standard InChI is InChI=1S/C22H26BrN3O6/c1-4-30-17-11-15(12-18(31-5-2)20(17)32-6-3)22(29)26-25-19(27)13-24-21(28)14-8-7-9-16(23)10-14/h7-12H,4-6,13H2,1-3H3,(H,24,28)(H,25,27)(H,26,29). The van der Waals surface area contributed by atoms with Crippen molar-refractivity contribution in [1.29, 1.82) is 0 Å². The smallest absolute Gasteiger partial charge is 0.269 e. The fourth-order valence-electron chi connectivity index (χ4n) is 2.65. The third kappa shape index (κ3) is 7.16. The van der Waals surface area contributed by atoms with Gasteiger partial charge in [0.1, 0.15) is 0 Å². The topological polar surface area (TPSA) is 115 Å². The van der Waals surface area contributed by atoms with Crippen LogP contribution in [0.1, 0.15) is 41.5 Å². The van der Waals surface area contributed by atoms with Gasteiger partial charge in [-0.05, 0) is 51.1 Å². The number of hydrazine groups is 1. The van der Waals surface area contributed by atoms with Crippen molar-refractivity contribution in [1.82, 2.24) is 16.2 Å². The second kappa shape index (κ2) is 12.6. The fourth-order valence-corrected chi connectivity index (χ4v) is 3.05. The van der Waals surface area contributed by atoms with Gasteiger partial charge in [-0.15, -0.1) is 0 Å². The van der Waals surface area contributed by atoms with E-state index in [4.69, 9.17) is 14.2 Å². The molecule has 0 spiro atoms. The fraction of sp³-hybridized carbons (Fsp3) is 0.318. The molecular weight excluding hydrogens is 482 g/mol. The van der Waals surface area contributed by atoms with Gasteiger partial charge in [0, 0.05) is 15.6 Å². The van der Waals surface area contributed by atoms with Crippen molar-refractivity contribution in [3.8, 4) is 17.2 Å². The minimum atomic E-state index is -0.595. The average molecular weight is 508 g/mol. The zero-order valence-corrected chi connectivity index (χ0v) is 19.7. The number of carbonyl (C=O) groups is 3. The van der Waals surface area contributed by atoms with Crippen molar-refractivity contribution in [3.63, 3.8) is 0 Å². The summed E-state index contributed by atoms with van der Waals surface area (Å²) in [5.41, 5.74) is 5.19. The van der Waals surface area contributed by atoms with Crippen molar-refractivity contribution in [3.05, 3.63) is 52.0 Å². The predicted molar refractivity (Wildman–Crippen MR) is 122 cm³/mol. The van der Waals surface area contributed by atoms with Crippen LogP contribution >= 0.6 is 15.9 Å². The lowest BCUT2D eigenvalue weighted by atomic mass is 10.1. The molecule has 172 valence electrons. The molecule has 0 aliphatic rings. The van der Waals surface area contributed by atoms with Gasteiger partial charge in [-0.1, -0.05) is 22.0 Å². The van der Waals surface area contributed by atoms with E-state index in [0.717, 1.165) is 4.47 Å². The van der Waals surface area contributed by atoms with Crippen LogP contribution in [0, 0.1) is 0 Å². The highest BCUT2D eigenvalue weighted by Crippen LogP contribution is 2.39. The maximum absolute atomic E-state index is 12.6. The molecule has 3 N–H and O–H groups in total. The molecule has 2 aromatic rings. The Hall–Kier alpha value is -3.27. The van der Waals surface area contributed by atoms with Gasteiger partial charge in [0.2, 0.25) is 5.75 Å². The Morgan fingerprint density at radius 1 is 0.812 bits per heavy atom. The van der Waals surface area contributed by atoms with Crippen molar-refractivity contribution < 1.29 is 28.6 Å². The average Bonchev–Trinajstić information content (AvgIpc) is 2.78. The van der Waals surface area contributed by atoms with Crippen LogP contribution in [0.15, 0.2) is 40.9 Å². The summed E-state index contributed by atoms with van der Waals surface area (Å²) in [5.74, 6) is -0.463. The van der Waals surface area contributed by atoms with E-state index in [1.54, 1.807) is 24.3 Å². The maximum Gasteiger partial charge on any atom is 0.269 e. The summed E-state index contributed by atoms with van der Waals surface area (Å²) in [4.78, 5) is 36.7. The summed E-state index contributed by atoms with van der Waals surface area (Å²) >= 11 is 3.28. The van der Waals surface area contributed by atoms with Crippen molar-refractivity contribution in [2.24, 2.45) is 0 Å². The minimum absolute atomic E-state index is 0.207. The lowest BCUT2D eigenvalue weighted by Crippen LogP contribution is -2.46. The number of rotatable bonds is 10. The van der Waals surface area contributed by atoms with Gasteiger partial charge < -0.3 is 19.5 Å². The number of hydrogen-bond donors (Lipinski definition) is 3. The molecule has 0 bridgehead atoms. The van der Waals surface area contributed by atoms with E-state index in [0.29, 0.717) is 42.6 Å². The Bertz CT molecular complexity index is 939. The van der Waals surface area contributed by atoms with Crippen LogP contribution < -0.4 is 30.4 Å². The molecule has 0 saturated carbocycles. The number of benzene rings is 2. The van der Waals surface area contributed by atoms with Crippen molar-refractivity contribution in [2.45, 2.75) is 20.8 Å². The molecule has 0 aliphatic heterocycles. The molecule has 3 amide bonds. The van der Waals surface area contributed by atoms with Crippen molar-refractivity contribution in [2.75, 3.05) is 26.4 Å². The molecule has 0 aromatic heterocycles. The van der Waals surface area contributed by atoms with E-state index in [1.807, 2.05) is 20.8 Å². The number of ether oxygens (including phenoxy) is 3. The predicted octanol–water partition coefficient (Wildman–Crippen LogP) is 2.84. The van der Waals surface area contributed by atoms with E-state index >= 15 is 0 Å². The third-order valence-corrected chi connectivity index (χ3v) is 4.48. The number of carbonyl (C=O) groups excluding carboxylic acids is 3. The van der Waals surface area contributed by atoms with Crippen LogP contribution in [0.4, 0.5) is 0 Å². The van der Waals surface area contributed by atoms with Gasteiger partial charge in [-0.2, -0.15) is 0 Å². The largest absolute Gasteiger partial charge is 0.490 e. The third-order valence-electron chi connectivity index (χ3n) is 3.98. The second-order valence-electron chi connectivity index (χ2n) is 6.30. The van der Waals surface area contributed by atoms with E-state index in [2.05, 4.69) is 32.1 Å². The second-order valence-corrected chi connectivity index (χ2v) is 7.21. The molecule has 0 unspecified atom stereocenters. The van der Waals surface area contributed by atoms with Crippen molar-refractivity contribution >= 4 is 33.7 Å². The lowest BCUT2D eigenvalue weighted by molar-refractivity contribution is -0.120. The van der Waals surface area contributed by atoms with Crippen LogP contribution in [-0.2, 0) is 4.79 Å². The Morgan fingerprint density at radius 2 is 1.44 bits per heavy atom. The van der Waals surface area contributed by atoms with Gasteiger partial charge in [-0.3, -0.25) is 25.2 Å². The number of nitrogens with one attached hydrogen (secondary N) is 3. The van der Waals surface area contributed by atoms with E-state index in [9.17, 15) is 14.4 Å². The molecule has 0 fully saturated rings. The first-order valence-electron chi connectivity index (χ1n) is 10.1. The van der Waals surface area contributed by atoms with Crippen LogP contribution in [0.2, 0.25) is 0 Å². The van der Waals surface area contributed by atoms with Crippen LogP contribution in [0.3, 0.4) is 0 Å². The molecule has 2 rings (SSSR count). The number of hydrogen-bond acceptors (Lipinski definition) is 6. The molecule has 0 saturated heterocycles. The molecule has 0 aliphatic carbocycles. The Kier molecular flexibility index (Phi) is 9.80. The monoisotopic (exact) mass is 507 g/mol. The number of amides is 3. The summed E-state index contributed by atoms with van der Waals surface area (Å²) in [5, 5.41) is 2.48. The van der Waals surface area contributed by atoms with E-state index < -0.39 is 17.7 Å². The normalized spacial score (nSPS) is 10.1. The summed E-state index contributed by atoms with van der Waals surface area (Å²) in [6.07, 6.45) is 0. The SMILES string of the molecule is CCOc1cc(C(=O)NNC(=O)CNC(=O)c2cccc(Br)c2)cc(OCC)c1OCC. The first-order valence-corrected chi connectivity index (χ1v) is 10.9. The van der Waals surface area contributed by atoms with Gasteiger partial charge in [-0.25, -0.2) is 0 Å². The summed E-state index contributed by atoms with van der Waals surface area (Å²) in [7, 11) is 0. The molecule has 32 heavy (non-hydrogen) atoms. The Morgan fingerprint density at radius 3 is 2.00 bits per heavy atom. The summed E-state index contributed by atoms with van der Waals surface area (Å²) in [6.45, 7) is 6.26. The molecule has 0 heterocycles. The van der Waals surface area contributed by atoms with Gasteiger partial charge in [0.15, 0.2) is 11.5 Å². The highest BCUT2D eigenvalue weighted by molar-refractivity contribution is 9.10. The molecule has 0 atom stereocenters. The summed E-state index contributed by atoms with van der Waals surface area (Å²) in [6, 6.07) is 9.77. The highest BCUT2D eigenvalue weighted by Gasteiger charge is 2.19. The molecule has 2 aromatic carbocycles. The first-order chi connectivity index (χ1) is 15.4. The maximum atomic E-state index is 12.6. The minimum Gasteiger partial charge on any atom is -0.490 e. The van der Waals surface area contributed by atoms with E-state index in [1.165, 1.54) is 12.1 Å². The van der Waals surface area contributed by atoms with Crippen LogP contribution in [0.5, 0.6) is 17.2 Å². The van der Waals surface area contributed by atoms with E-state index in [-0.39, 0.29) is 12.1 Å². The first kappa shape index (κ1) is 25.0. The molecule has 9 nitrogen and oxygen atoms in total. The number of halogens is 1. The Balaban J connectivity index is 2.00. The zero-order valence-electron chi connectivity index (χ0n) is 18.1. The summed E-state index contributed by atoms with van der Waals surface area (Å²) < 4.78 is 17.5. The van der Waals surface area contributed by atoms with Gasteiger partial charge in [0.05, 0.1) is 26.4 Å². The molecular formula is C22H26BrN3O6. The molecule has 0 radical (unpaired) electrons. The van der Waals surface area contributed by atoms with Crippen LogP contribution in [0.25, 0.3) is 0 Å². The quantitative estimate of drug-likeness (QED) is 0.426. The highest BCUT2D eigenvalue weighted by atomic mass is 79.9. The van der Waals surface area contributed by atoms with Gasteiger partial charge >= 0.3 is 0 Å².